The van der Waals surface area contributed by atoms with E-state index in [0.29, 0.717) is 6.04 Å². The van der Waals surface area contributed by atoms with Crippen LogP contribution in [-0.2, 0) is 6.42 Å². The molecule has 0 fully saturated rings. The first-order valence-corrected chi connectivity index (χ1v) is 7.33. The van der Waals surface area contributed by atoms with Crippen LogP contribution in [0.1, 0.15) is 22.0 Å². The first kappa shape index (κ1) is 12.8. The van der Waals surface area contributed by atoms with E-state index in [4.69, 9.17) is 0 Å². The highest BCUT2D eigenvalue weighted by molar-refractivity contribution is 9.10. The molecule has 0 saturated heterocycles. The number of thiophene rings is 1. The summed E-state index contributed by atoms with van der Waals surface area (Å²) >= 11 is 5.36. The zero-order chi connectivity index (χ0) is 12.3. The minimum atomic E-state index is 0.389. The van der Waals surface area contributed by atoms with Gasteiger partial charge in [0.05, 0.1) is 0 Å². The maximum Gasteiger partial charge on any atom is 0.0366 e. The van der Waals surface area contributed by atoms with Crippen LogP contribution in [0.2, 0.25) is 0 Å². The lowest BCUT2D eigenvalue weighted by molar-refractivity contribution is 0.596. The van der Waals surface area contributed by atoms with Crippen molar-refractivity contribution in [3.63, 3.8) is 0 Å². The van der Waals surface area contributed by atoms with Gasteiger partial charge < -0.3 is 5.32 Å². The van der Waals surface area contributed by atoms with Crippen LogP contribution in [0.15, 0.2) is 40.2 Å². The van der Waals surface area contributed by atoms with Gasteiger partial charge in [-0.1, -0.05) is 34.1 Å². The average molecular weight is 310 g/mol. The lowest BCUT2D eigenvalue weighted by Crippen LogP contribution is -2.18. The highest BCUT2D eigenvalue weighted by Crippen LogP contribution is 2.24. The molecule has 1 unspecified atom stereocenters. The van der Waals surface area contributed by atoms with Crippen molar-refractivity contribution in [2.24, 2.45) is 0 Å². The number of halogens is 1. The maximum atomic E-state index is 3.54. The van der Waals surface area contributed by atoms with Gasteiger partial charge in [0.2, 0.25) is 0 Å². The zero-order valence-electron chi connectivity index (χ0n) is 10.0. The summed E-state index contributed by atoms with van der Waals surface area (Å²) in [6, 6.07) is 11.3. The molecule has 1 nitrogen and oxygen atoms in total. The van der Waals surface area contributed by atoms with Crippen LogP contribution in [0.3, 0.4) is 0 Å². The van der Waals surface area contributed by atoms with E-state index in [0.717, 1.165) is 6.42 Å². The Kier molecular flexibility index (Phi) is 4.37. The maximum absolute atomic E-state index is 3.54. The molecule has 1 N–H and O–H groups in total. The van der Waals surface area contributed by atoms with Gasteiger partial charge >= 0.3 is 0 Å². The fraction of sp³-hybridized carbons (Fsp3) is 0.286. The van der Waals surface area contributed by atoms with Crippen molar-refractivity contribution in [3.8, 4) is 0 Å². The molecule has 1 aromatic carbocycles. The average Bonchev–Trinajstić information content (AvgIpc) is 2.82. The Morgan fingerprint density at radius 1 is 1.35 bits per heavy atom. The highest BCUT2D eigenvalue weighted by Gasteiger charge is 2.11. The second kappa shape index (κ2) is 5.80. The predicted molar refractivity (Wildman–Crippen MR) is 78.7 cm³/mol. The Morgan fingerprint density at radius 2 is 2.18 bits per heavy atom. The molecular weight excluding hydrogens is 294 g/mol. The largest absolute Gasteiger partial charge is 0.313 e. The number of rotatable bonds is 4. The van der Waals surface area contributed by atoms with Crippen LogP contribution in [0.4, 0.5) is 0 Å². The molecule has 0 spiro atoms. The number of nitrogens with one attached hydrogen (secondary N) is 1. The molecule has 3 heteroatoms. The van der Waals surface area contributed by atoms with Crippen molar-refractivity contribution in [2.45, 2.75) is 19.4 Å². The number of hydrogen-bond donors (Lipinski definition) is 1. The minimum Gasteiger partial charge on any atom is -0.313 e. The van der Waals surface area contributed by atoms with Gasteiger partial charge in [-0.2, -0.15) is 0 Å². The van der Waals surface area contributed by atoms with E-state index in [-0.39, 0.29) is 0 Å². The number of benzene rings is 1. The lowest BCUT2D eigenvalue weighted by Gasteiger charge is -2.16. The molecule has 17 heavy (non-hydrogen) atoms. The van der Waals surface area contributed by atoms with E-state index in [2.05, 4.69) is 63.9 Å². The summed E-state index contributed by atoms with van der Waals surface area (Å²) in [7, 11) is 2.02. The Hall–Kier alpha value is -0.640. The fourth-order valence-electron chi connectivity index (χ4n) is 1.90. The SMILES string of the molecule is CNC(Cc1cccs1)c1ccc(Br)c(C)c1. The lowest BCUT2D eigenvalue weighted by atomic mass is 10.0. The van der Waals surface area contributed by atoms with Gasteiger partial charge in [0.25, 0.3) is 0 Å². The highest BCUT2D eigenvalue weighted by atomic mass is 79.9. The third kappa shape index (κ3) is 3.18. The normalized spacial score (nSPS) is 12.6. The van der Waals surface area contributed by atoms with E-state index < -0.39 is 0 Å². The molecule has 1 heterocycles. The van der Waals surface area contributed by atoms with Gasteiger partial charge in [0, 0.05) is 21.8 Å². The fourth-order valence-corrected chi connectivity index (χ4v) is 2.90. The van der Waals surface area contributed by atoms with Crippen LogP contribution >= 0.6 is 27.3 Å². The zero-order valence-corrected chi connectivity index (χ0v) is 12.4. The minimum absolute atomic E-state index is 0.389. The molecule has 1 aromatic heterocycles. The van der Waals surface area contributed by atoms with E-state index in [1.807, 2.05) is 18.4 Å². The Labute approximate surface area is 115 Å². The Balaban J connectivity index is 2.20. The summed E-state index contributed by atoms with van der Waals surface area (Å²) in [6.07, 6.45) is 1.05. The van der Waals surface area contributed by atoms with Crippen molar-refractivity contribution in [3.05, 3.63) is 56.2 Å². The van der Waals surface area contributed by atoms with Crippen LogP contribution in [0, 0.1) is 6.92 Å². The molecule has 2 rings (SSSR count). The summed E-state index contributed by atoms with van der Waals surface area (Å²) < 4.78 is 1.17. The molecule has 1 atom stereocenters. The smallest absolute Gasteiger partial charge is 0.0366 e. The van der Waals surface area contributed by atoms with Crippen LogP contribution < -0.4 is 5.32 Å². The molecular formula is C14H16BrNS. The molecule has 0 bridgehead atoms. The van der Waals surface area contributed by atoms with E-state index in [1.54, 1.807) is 0 Å². The monoisotopic (exact) mass is 309 g/mol. The Morgan fingerprint density at radius 3 is 2.76 bits per heavy atom. The van der Waals surface area contributed by atoms with Gasteiger partial charge in [-0.05, 0) is 42.6 Å². The molecule has 2 aromatic rings. The van der Waals surface area contributed by atoms with Crippen LogP contribution in [-0.4, -0.2) is 7.05 Å². The van der Waals surface area contributed by atoms with Crippen molar-refractivity contribution in [2.75, 3.05) is 7.05 Å². The predicted octanol–water partition coefficient (Wildman–Crippen LogP) is 4.32. The third-order valence-electron chi connectivity index (χ3n) is 2.92. The summed E-state index contributed by atoms with van der Waals surface area (Å²) in [5, 5.41) is 5.53. The second-order valence-electron chi connectivity index (χ2n) is 4.13. The number of aryl methyl sites for hydroxylation is 1. The molecule has 0 aliphatic rings. The molecule has 0 aliphatic heterocycles. The van der Waals surface area contributed by atoms with E-state index in [1.165, 1.54) is 20.5 Å². The standard InChI is InChI=1S/C14H16BrNS/c1-10-8-11(5-6-13(10)15)14(16-2)9-12-4-3-7-17-12/h3-8,14,16H,9H2,1-2H3. The Bertz CT molecular complexity index is 479. The van der Waals surface area contributed by atoms with Gasteiger partial charge in [-0.15, -0.1) is 11.3 Å². The first-order chi connectivity index (χ1) is 8.20. The van der Waals surface area contributed by atoms with Crippen molar-refractivity contribution < 1.29 is 0 Å². The second-order valence-corrected chi connectivity index (χ2v) is 6.02. The quantitative estimate of drug-likeness (QED) is 0.886. The summed E-state index contributed by atoms with van der Waals surface area (Å²) in [4.78, 5) is 1.42. The first-order valence-electron chi connectivity index (χ1n) is 5.66. The van der Waals surface area contributed by atoms with Crippen LogP contribution in [0.25, 0.3) is 0 Å². The van der Waals surface area contributed by atoms with Gasteiger partial charge in [0.1, 0.15) is 0 Å². The van der Waals surface area contributed by atoms with Gasteiger partial charge in [0.15, 0.2) is 0 Å². The summed E-state index contributed by atoms with van der Waals surface area (Å²) in [5.74, 6) is 0. The molecule has 0 aliphatic carbocycles. The molecule has 0 amide bonds. The summed E-state index contributed by atoms with van der Waals surface area (Å²) in [6.45, 7) is 2.13. The van der Waals surface area contributed by atoms with E-state index in [9.17, 15) is 0 Å². The van der Waals surface area contributed by atoms with Crippen LogP contribution in [0.5, 0.6) is 0 Å². The number of hydrogen-bond acceptors (Lipinski definition) is 2. The van der Waals surface area contributed by atoms with Crippen molar-refractivity contribution in [1.29, 1.82) is 0 Å². The van der Waals surface area contributed by atoms with E-state index >= 15 is 0 Å². The molecule has 0 saturated carbocycles. The third-order valence-corrected chi connectivity index (χ3v) is 4.71. The van der Waals surface area contributed by atoms with Crippen molar-refractivity contribution in [1.82, 2.24) is 5.32 Å². The number of likely N-dealkylation sites (N-methyl/N-ethyl adjacent to an activating group) is 1. The van der Waals surface area contributed by atoms with Gasteiger partial charge in [-0.25, -0.2) is 0 Å². The van der Waals surface area contributed by atoms with Gasteiger partial charge in [-0.3, -0.25) is 0 Å². The summed E-state index contributed by atoms with van der Waals surface area (Å²) in [5.41, 5.74) is 2.63. The topological polar surface area (TPSA) is 12.0 Å². The molecule has 0 radical (unpaired) electrons. The van der Waals surface area contributed by atoms with Crippen molar-refractivity contribution >= 4 is 27.3 Å². The molecule has 90 valence electrons.